The number of fused-ring (bicyclic) bond motifs is 1. The number of carboxylic acid groups (broad SMARTS) is 1. The number of hydrogen-bond acceptors (Lipinski definition) is 6. The molecule has 2 aromatic heterocycles. The molecule has 0 aliphatic rings. The minimum atomic E-state index is -4.91. The summed E-state index contributed by atoms with van der Waals surface area (Å²) in [5.41, 5.74) is 0.460. The molecular weight excluding hydrogens is 477 g/mol. The second-order valence-corrected chi connectivity index (χ2v) is 8.69. The maximum Gasteiger partial charge on any atom is 0.573 e. The molecule has 0 atom stereocenters. The van der Waals surface area contributed by atoms with E-state index in [1.54, 1.807) is 0 Å². The Hall–Kier alpha value is -3.58. The molecule has 0 spiro atoms. The number of aromatic carboxylic acids is 1. The van der Waals surface area contributed by atoms with Gasteiger partial charge in [0, 0.05) is 6.20 Å². The summed E-state index contributed by atoms with van der Waals surface area (Å²) in [6.45, 7) is 0. The van der Waals surface area contributed by atoms with Crippen LogP contribution >= 0.6 is 11.6 Å². The van der Waals surface area contributed by atoms with Crippen LogP contribution in [0.2, 0.25) is 5.02 Å². The molecule has 2 N–H and O–H groups in total. The van der Waals surface area contributed by atoms with Gasteiger partial charge in [-0.25, -0.2) is 22.9 Å². The van der Waals surface area contributed by atoms with E-state index in [4.69, 9.17) is 16.7 Å². The van der Waals surface area contributed by atoms with Gasteiger partial charge in [-0.1, -0.05) is 11.6 Å². The fraction of sp³-hybridized carbons (Fsp3) is 0.0556. The van der Waals surface area contributed by atoms with Gasteiger partial charge in [0.05, 0.1) is 37.6 Å². The lowest BCUT2D eigenvalue weighted by atomic mass is 10.3. The van der Waals surface area contributed by atoms with Gasteiger partial charge in [-0.15, -0.1) is 13.2 Å². The van der Waals surface area contributed by atoms with Crippen molar-refractivity contribution in [1.29, 1.82) is 0 Å². The number of hydrogen-bond donors (Lipinski definition) is 2. The van der Waals surface area contributed by atoms with E-state index >= 15 is 0 Å². The number of aromatic amines is 1. The maximum absolute atomic E-state index is 13.0. The van der Waals surface area contributed by atoms with E-state index in [1.165, 1.54) is 18.3 Å². The van der Waals surface area contributed by atoms with Gasteiger partial charge in [-0.2, -0.15) is 5.10 Å². The van der Waals surface area contributed by atoms with E-state index in [0.717, 1.165) is 35.1 Å². The van der Waals surface area contributed by atoms with Gasteiger partial charge in [-0.3, -0.25) is 0 Å². The van der Waals surface area contributed by atoms with E-state index < -0.39 is 27.9 Å². The van der Waals surface area contributed by atoms with Crippen LogP contribution in [0.25, 0.3) is 17.0 Å². The molecule has 4 rings (SSSR count). The van der Waals surface area contributed by atoms with Gasteiger partial charge >= 0.3 is 12.3 Å². The number of nitrogens with one attached hydrogen (secondary N) is 1. The molecule has 0 aliphatic heterocycles. The standard InChI is InChI=1S/C18H10ClF3N4O5S/c19-12-5-13-14(25-17(24-13)26-8-9(7-23-26)16(27)28)6-15(12)32(29,30)11-3-1-10(2-4-11)31-18(20,21)22/h1-8H,(H,24,25)(H,27,28). The van der Waals surface area contributed by atoms with Gasteiger partial charge in [0.25, 0.3) is 0 Å². The molecule has 0 aliphatic carbocycles. The van der Waals surface area contributed by atoms with Crippen molar-refractivity contribution >= 4 is 38.4 Å². The first-order valence-corrected chi connectivity index (χ1v) is 10.4. The Kier molecular flexibility index (Phi) is 5.09. The van der Waals surface area contributed by atoms with E-state index in [-0.39, 0.29) is 31.8 Å². The zero-order valence-corrected chi connectivity index (χ0v) is 17.0. The highest BCUT2D eigenvalue weighted by Gasteiger charge is 2.31. The molecule has 4 aromatic rings. The zero-order valence-electron chi connectivity index (χ0n) is 15.5. The first-order valence-electron chi connectivity index (χ1n) is 8.52. The number of imidazole rings is 1. The Morgan fingerprint density at radius 1 is 1.19 bits per heavy atom. The zero-order chi connectivity index (χ0) is 23.3. The second kappa shape index (κ2) is 7.53. The number of alkyl halides is 3. The van der Waals surface area contributed by atoms with Crippen molar-refractivity contribution in [2.45, 2.75) is 16.2 Å². The number of nitrogens with zero attached hydrogens (tertiary/aromatic N) is 3. The van der Waals surface area contributed by atoms with Crippen LogP contribution in [-0.4, -0.2) is 45.6 Å². The highest BCUT2D eigenvalue weighted by atomic mass is 35.5. The Bertz CT molecular complexity index is 1450. The molecule has 14 heteroatoms. The predicted molar refractivity (Wildman–Crippen MR) is 104 cm³/mol. The largest absolute Gasteiger partial charge is 0.573 e. The van der Waals surface area contributed by atoms with E-state index in [9.17, 15) is 26.4 Å². The van der Waals surface area contributed by atoms with Crippen molar-refractivity contribution in [1.82, 2.24) is 19.7 Å². The summed E-state index contributed by atoms with van der Waals surface area (Å²) in [4.78, 5) is 17.4. The third kappa shape index (κ3) is 4.11. The van der Waals surface area contributed by atoms with Crippen molar-refractivity contribution in [2.24, 2.45) is 0 Å². The van der Waals surface area contributed by atoms with Crippen molar-refractivity contribution < 1.29 is 36.2 Å². The van der Waals surface area contributed by atoms with Crippen LogP contribution in [0.5, 0.6) is 5.75 Å². The molecule has 9 nitrogen and oxygen atoms in total. The monoisotopic (exact) mass is 486 g/mol. The third-order valence-electron chi connectivity index (χ3n) is 4.23. The van der Waals surface area contributed by atoms with Gasteiger partial charge in [0.15, 0.2) is 0 Å². The SMILES string of the molecule is O=C(O)c1cnn(-c2nc3cc(S(=O)(=O)c4ccc(OC(F)(F)F)cc4)c(Cl)cc3[nH]2)c1. The van der Waals surface area contributed by atoms with E-state index in [2.05, 4.69) is 19.8 Å². The number of halogens is 4. The lowest BCUT2D eigenvalue weighted by Gasteiger charge is -2.10. The van der Waals surface area contributed by atoms with Crippen LogP contribution in [0.4, 0.5) is 13.2 Å². The molecule has 0 saturated carbocycles. The summed E-state index contributed by atoms with van der Waals surface area (Å²) in [5.74, 6) is -1.64. The molecule has 166 valence electrons. The first kappa shape index (κ1) is 21.6. The normalized spacial score (nSPS) is 12.2. The van der Waals surface area contributed by atoms with Gasteiger partial charge in [0.2, 0.25) is 15.8 Å². The molecule has 0 unspecified atom stereocenters. The second-order valence-electron chi connectivity index (χ2n) is 6.36. The average molecular weight is 487 g/mol. The van der Waals surface area contributed by atoms with E-state index in [0.29, 0.717) is 5.52 Å². The third-order valence-corrected chi connectivity index (χ3v) is 6.46. The van der Waals surface area contributed by atoms with Crippen molar-refractivity contribution in [3.63, 3.8) is 0 Å². The molecule has 0 saturated heterocycles. The van der Waals surface area contributed by atoms with Crippen molar-refractivity contribution in [3.8, 4) is 11.7 Å². The molecule has 0 radical (unpaired) electrons. The maximum atomic E-state index is 13.0. The molecule has 2 heterocycles. The number of carboxylic acids is 1. The smallest absolute Gasteiger partial charge is 0.478 e. The number of carbonyl (C=O) groups is 1. The number of H-pyrrole nitrogens is 1. The molecular formula is C18H10ClF3N4O5S. The molecule has 32 heavy (non-hydrogen) atoms. The number of benzene rings is 2. The quantitative estimate of drug-likeness (QED) is 0.439. The first-order chi connectivity index (χ1) is 14.9. The van der Waals surface area contributed by atoms with Crippen LogP contribution in [0, 0.1) is 0 Å². The lowest BCUT2D eigenvalue weighted by molar-refractivity contribution is -0.274. The predicted octanol–water partition coefficient (Wildman–Crippen LogP) is 3.83. The molecule has 0 amide bonds. The summed E-state index contributed by atoms with van der Waals surface area (Å²) in [6, 6.07) is 6.17. The lowest BCUT2D eigenvalue weighted by Crippen LogP contribution is -2.17. The fourth-order valence-electron chi connectivity index (χ4n) is 2.81. The molecule has 2 aromatic carbocycles. The van der Waals surface area contributed by atoms with Crippen LogP contribution < -0.4 is 4.74 Å². The number of aromatic nitrogens is 4. The number of rotatable bonds is 5. The topological polar surface area (TPSA) is 127 Å². The van der Waals surface area contributed by atoms with Crippen LogP contribution in [0.3, 0.4) is 0 Å². The van der Waals surface area contributed by atoms with Crippen LogP contribution in [0.1, 0.15) is 10.4 Å². The summed E-state index contributed by atoms with van der Waals surface area (Å²) in [5, 5.41) is 12.7. The summed E-state index contributed by atoms with van der Waals surface area (Å²) >= 11 is 6.16. The molecule has 0 fully saturated rings. The minimum Gasteiger partial charge on any atom is -0.478 e. The Morgan fingerprint density at radius 3 is 2.47 bits per heavy atom. The summed E-state index contributed by atoms with van der Waals surface area (Å²) < 4.78 is 67.8. The van der Waals surface area contributed by atoms with Gasteiger partial charge in [-0.05, 0) is 36.4 Å². The van der Waals surface area contributed by atoms with E-state index in [1.807, 2.05) is 0 Å². The van der Waals surface area contributed by atoms with Gasteiger partial charge in [0.1, 0.15) is 5.75 Å². The highest BCUT2D eigenvalue weighted by molar-refractivity contribution is 7.91. The van der Waals surface area contributed by atoms with Gasteiger partial charge < -0.3 is 14.8 Å². The number of sulfone groups is 1. The Morgan fingerprint density at radius 2 is 1.88 bits per heavy atom. The number of ether oxygens (including phenoxy) is 1. The van der Waals surface area contributed by atoms with Crippen LogP contribution in [0.15, 0.2) is 58.6 Å². The Labute approximate surface area is 181 Å². The fourth-order valence-corrected chi connectivity index (χ4v) is 4.61. The van der Waals surface area contributed by atoms with Crippen molar-refractivity contribution in [3.05, 3.63) is 59.4 Å². The Balaban J connectivity index is 1.71. The van der Waals surface area contributed by atoms with Crippen LogP contribution in [-0.2, 0) is 9.84 Å². The molecule has 0 bridgehead atoms. The highest BCUT2D eigenvalue weighted by Crippen LogP contribution is 2.32. The summed E-state index contributed by atoms with van der Waals surface area (Å²) in [7, 11) is -4.21. The minimum absolute atomic E-state index is 0.0790. The van der Waals surface area contributed by atoms with Crippen molar-refractivity contribution in [2.75, 3.05) is 0 Å². The summed E-state index contributed by atoms with van der Waals surface area (Å²) in [6.07, 6.45) is -2.58. The average Bonchev–Trinajstić information content (AvgIpc) is 3.33.